The molecular formula is C12H12FN3OS. The van der Waals surface area contributed by atoms with Crippen LogP contribution in [0.25, 0.3) is 0 Å². The van der Waals surface area contributed by atoms with Crippen molar-refractivity contribution in [1.29, 1.82) is 0 Å². The first-order chi connectivity index (χ1) is 8.58. The summed E-state index contributed by atoms with van der Waals surface area (Å²) in [6, 6.07) is 4.19. The molecule has 0 aliphatic heterocycles. The molecule has 2 aromatic heterocycles. The third-order valence-electron chi connectivity index (χ3n) is 2.51. The molecule has 18 heavy (non-hydrogen) atoms. The van der Waals surface area contributed by atoms with Gasteiger partial charge in [0.05, 0.1) is 17.7 Å². The largest absolute Gasteiger partial charge is 0.335 e. The number of pyridine rings is 1. The van der Waals surface area contributed by atoms with Gasteiger partial charge in [0, 0.05) is 11.9 Å². The van der Waals surface area contributed by atoms with Crippen LogP contribution in [-0.4, -0.2) is 27.8 Å². The molecule has 0 unspecified atom stereocenters. The van der Waals surface area contributed by atoms with Gasteiger partial charge in [-0.15, -0.1) is 11.3 Å². The van der Waals surface area contributed by atoms with Gasteiger partial charge in [0.2, 0.25) is 5.95 Å². The van der Waals surface area contributed by atoms with Crippen molar-refractivity contribution < 1.29 is 9.18 Å². The number of rotatable bonds is 3. The Morgan fingerprint density at radius 1 is 1.50 bits per heavy atom. The van der Waals surface area contributed by atoms with E-state index in [0.717, 1.165) is 10.6 Å². The Bertz CT molecular complexity index is 570. The molecule has 0 spiro atoms. The van der Waals surface area contributed by atoms with E-state index in [1.165, 1.54) is 34.4 Å². The lowest BCUT2D eigenvalue weighted by atomic mass is 10.3. The molecule has 0 atom stereocenters. The summed E-state index contributed by atoms with van der Waals surface area (Å²) in [6.07, 6.45) is 0. The highest BCUT2D eigenvalue weighted by molar-refractivity contribution is 7.09. The smallest absolute Gasteiger partial charge is 0.272 e. The Morgan fingerprint density at radius 3 is 2.89 bits per heavy atom. The second kappa shape index (κ2) is 5.22. The van der Waals surface area contributed by atoms with E-state index < -0.39 is 5.95 Å². The van der Waals surface area contributed by atoms with Crippen LogP contribution < -0.4 is 0 Å². The van der Waals surface area contributed by atoms with Crippen LogP contribution in [-0.2, 0) is 6.54 Å². The molecule has 0 aliphatic rings. The van der Waals surface area contributed by atoms with E-state index in [4.69, 9.17) is 0 Å². The summed E-state index contributed by atoms with van der Waals surface area (Å²) in [5, 5.41) is 0. The standard InChI is InChI=1S/C12H12FN3OS/c1-8-10(18-7-14-8)6-16(2)12(17)9-4-3-5-11(13)15-9/h3-5,7H,6H2,1-2H3. The monoisotopic (exact) mass is 265 g/mol. The first-order valence-electron chi connectivity index (χ1n) is 5.35. The maximum atomic E-state index is 12.9. The zero-order valence-corrected chi connectivity index (χ0v) is 10.9. The average molecular weight is 265 g/mol. The van der Waals surface area contributed by atoms with Crippen molar-refractivity contribution in [2.24, 2.45) is 0 Å². The quantitative estimate of drug-likeness (QED) is 0.800. The van der Waals surface area contributed by atoms with E-state index in [2.05, 4.69) is 9.97 Å². The fraction of sp³-hybridized carbons (Fsp3) is 0.250. The first-order valence-corrected chi connectivity index (χ1v) is 6.23. The number of aryl methyl sites for hydroxylation is 1. The van der Waals surface area contributed by atoms with Gasteiger partial charge in [0.25, 0.3) is 5.91 Å². The lowest BCUT2D eigenvalue weighted by Crippen LogP contribution is -2.27. The van der Waals surface area contributed by atoms with Gasteiger partial charge in [-0.3, -0.25) is 4.79 Å². The van der Waals surface area contributed by atoms with E-state index >= 15 is 0 Å². The summed E-state index contributed by atoms with van der Waals surface area (Å²) in [5.74, 6) is -0.953. The number of amides is 1. The zero-order valence-electron chi connectivity index (χ0n) is 10.1. The normalized spacial score (nSPS) is 10.4. The van der Waals surface area contributed by atoms with Crippen molar-refractivity contribution in [1.82, 2.24) is 14.9 Å². The summed E-state index contributed by atoms with van der Waals surface area (Å²) in [7, 11) is 1.66. The van der Waals surface area contributed by atoms with Crippen LogP contribution >= 0.6 is 11.3 Å². The second-order valence-corrected chi connectivity index (χ2v) is 4.81. The Morgan fingerprint density at radius 2 is 2.28 bits per heavy atom. The molecule has 0 fully saturated rings. The van der Waals surface area contributed by atoms with Gasteiger partial charge < -0.3 is 4.90 Å². The molecule has 2 aromatic rings. The molecule has 1 amide bonds. The van der Waals surface area contributed by atoms with Gasteiger partial charge in [-0.1, -0.05) is 6.07 Å². The summed E-state index contributed by atoms with van der Waals surface area (Å²) >= 11 is 1.49. The van der Waals surface area contributed by atoms with Gasteiger partial charge >= 0.3 is 0 Å². The molecular weight excluding hydrogens is 253 g/mol. The number of halogens is 1. The summed E-state index contributed by atoms with van der Waals surface area (Å²) in [6.45, 7) is 2.35. The molecule has 94 valence electrons. The molecule has 2 rings (SSSR count). The molecule has 0 saturated carbocycles. The minimum absolute atomic E-state index is 0.111. The maximum Gasteiger partial charge on any atom is 0.272 e. The van der Waals surface area contributed by atoms with Crippen LogP contribution in [0.3, 0.4) is 0 Å². The maximum absolute atomic E-state index is 12.9. The van der Waals surface area contributed by atoms with Gasteiger partial charge in [-0.25, -0.2) is 9.97 Å². The minimum atomic E-state index is -0.650. The molecule has 0 saturated heterocycles. The highest BCUT2D eigenvalue weighted by atomic mass is 32.1. The molecule has 6 heteroatoms. The van der Waals surface area contributed by atoms with Crippen LogP contribution in [0, 0.1) is 12.9 Å². The highest BCUT2D eigenvalue weighted by Crippen LogP contribution is 2.15. The zero-order chi connectivity index (χ0) is 13.1. The summed E-state index contributed by atoms with van der Waals surface area (Å²) in [5.41, 5.74) is 2.76. The molecule has 2 heterocycles. The number of carbonyl (C=O) groups is 1. The fourth-order valence-electron chi connectivity index (χ4n) is 1.49. The van der Waals surface area contributed by atoms with Gasteiger partial charge in [-0.05, 0) is 19.1 Å². The highest BCUT2D eigenvalue weighted by Gasteiger charge is 2.15. The Hall–Kier alpha value is -1.82. The third-order valence-corrected chi connectivity index (χ3v) is 3.43. The second-order valence-electron chi connectivity index (χ2n) is 3.87. The lowest BCUT2D eigenvalue weighted by molar-refractivity contribution is 0.0779. The molecule has 4 nitrogen and oxygen atoms in total. The Labute approximate surface area is 108 Å². The first kappa shape index (κ1) is 12.6. The number of carbonyl (C=O) groups excluding carboxylic acids is 1. The number of nitrogens with zero attached hydrogens (tertiary/aromatic N) is 3. The molecule has 0 aromatic carbocycles. The fourth-order valence-corrected chi connectivity index (χ4v) is 2.32. The van der Waals surface area contributed by atoms with Crippen molar-refractivity contribution in [3.05, 3.63) is 45.9 Å². The van der Waals surface area contributed by atoms with Crippen molar-refractivity contribution >= 4 is 17.2 Å². The Balaban J connectivity index is 2.12. The summed E-state index contributed by atoms with van der Waals surface area (Å²) in [4.78, 5) is 22.2. The van der Waals surface area contributed by atoms with E-state index in [9.17, 15) is 9.18 Å². The SMILES string of the molecule is Cc1ncsc1CN(C)C(=O)c1cccc(F)n1. The van der Waals surface area contributed by atoms with Crippen LogP contribution in [0.1, 0.15) is 21.1 Å². The van der Waals surface area contributed by atoms with Crippen LogP contribution in [0.4, 0.5) is 4.39 Å². The lowest BCUT2D eigenvalue weighted by Gasteiger charge is -2.15. The van der Waals surface area contributed by atoms with Crippen molar-refractivity contribution in [2.75, 3.05) is 7.05 Å². The molecule has 0 aliphatic carbocycles. The molecule has 0 bridgehead atoms. The molecule has 0 N–H and O–H groups in total. The van der Waals surface area contributed by atoms with Crippen LogP contribution in [0.5, 0.6) is 0 Å². The third kappa shape index (κ3) is 2.70. The molecule has 0 radical (unpaired) electrons. The van der Waals surface area contributed by atoms with E-state index in [1.807, 2.05) is 6.92 Å². The topological polar surface area (TPSA) is 46.1 Å². The van der Waals surface area contributed by atoms with Gasteiger partial charge in [0.15, 0.2) is 0 Å². The predicted molar refractivity (Wildman–Crippen MR) is 66.8 cm³/mol. The van der Waals surface area contributed by atoms with E-state index in [1.54, 1.807) is 12.6 Å². The van der Waals surface area contributed by atoms with Crippen LogP contribution in [0.2, 0.25) is 0 Å². The van der Waals surface area contributed by atoms with Crippen molar-refractivity contribution in [2.45, 2.75) is 13.5 Å². The average Bonchev–Trinajstić information content (AvgIpc) is 2.74. The number of hydrogen-bond donors (Lipinski definition) is 0. The minimum Gasteiger partial charge on any atom is -0.335 e. The Kier molecular flexibility index (Phi) is 3.66. The number of thiazole rings is 1. The predicted octanol–water partition coefficient (Wildman–Crippen LogP) is 2.26. The van der Waals surface area contributed by atoms with E-state index in [-0.39, 0.29) is 11.6 Å². The summed E-state index contributed by atoms with van der Waals surface area (Å²) < 4.78 is 12.9. The number of aromatic nitrogens is 2. The van der Waals surface area contributed by atoms with Gasteiger partial charge in [0.1, 0.15) is 5.69 Å². The van der Waals surface area contributed by atoms with Crippen LogP contribution in [0.15, 0.2) is 23.7 Å². The van der Waals surface area contributed by atoms with Gasteiger partial charge in [-0.2, -0.15) is 4.39 Å². The van der Waals surface area contributed by atoms with Crippen molar-refractivity contribution in [3.63, 3.8) is 0 Å². The van der Waals surface area contributed by atoms with Crippen molar-refractivity contribution in [3.8, 4) is 0 Å². The van der Waals surface area contributed by atoms with E-state index in [0.29, 0.717) is 6.54 Å². The number of hydrogen-bond acceptors (Lipinski definition) is 4.